The minimum absolute atomic E-state index is 0. The Morgan fingerprint density at radius 1 is 1.38 bits per heavy atom. The van der Waals surface area contributed by atoms with Crippen LogP contribution in [0.5, 0.6) is 0 Å². The Morgan fingerprint density at radius 3 is 2.62 bits per heavy atom. The number of hydrogen-bond acceptors (Lipinski definition) is 6. The monoisotopic (exact) mass is 444 g/mol. The standard InChI is InChI=1S/C12H20N4O2S2.HI/c1-9-8-11(10(2)19-9)20(17,18)15-5-4-13-12-14-6-7-16(12)3;/h8,15H,4-7H2,1-3H3,(H,13,14);1H. The first-order chi connectivity index (χ1) is 9.40. The summed E-state index contributed by atoms with van der Waals surface area (Å²) < 4.78 is 26.9. The Morgan fingerprint density at radius 2 is 2.10 bits per heavy atom. The van der Waals surface area contributed by atoms with Crippen LogP contribution in [-0.4, -0.2) is 52.5 Å². The highest BCUT2D eigenvalue weighted by atomic mass is 127. The molecular formula is C12H21IN4O2S2. The fourth-order valence-electron chi connectivity index (χ4n) is 2.04. The van der Waals surface area contributed by atoms with E-state index in [0.29, 0.717) is 18.0 Å². The first-order valence-electron chi connectivity index (χ1n) is 6.46. The number of aliphatic imine (C=N–C) groups is 1. The Balaban J connectivity index is 0.00000220. The molecule has 0 aliphatic carbocycles. The highest BCUT2D eigenvalue weighted by molar-refractivity contribution is 14.0. The molecule has 2 rings (SSSR count). The number of guanidine groups is 1. The minimum Gasteiger partial charge on any atom is -0.355 e. The van der Waals surface area contributed by atoms with Crippen LogP contribution in [0.2, 0.25) is 0 Å². The van der Waals surface area contributed by atoms with E-state index in [1.54, 1.807) is 6.07 Å². The summed E-state index contributed by atoms with van der Waals surface area (Å²) >= 11 is 1.50. The van der Waals surface area contributed by atoms with Crippen molar-refractivity contribution in [2.24, 2.45) is 4.99 Å². The molecule has 1 aliphatic rings. The molecule has 0 amide bonds. The number of hydrogen-bond donors (Lipinski definition) is 2. The van der Waals surface area contributed by atoms with Crippen LogP contribution in [0.1, 0.15) is 9.75 Å². The summed E-state index contributed by atoms with van der Waals surface area (Å²) in [7, 11) is -1.45. The van der Waals surface area contributed by atoms with Gasteiger partial charge in [0.1, 0.15) is 0 Å². The van der Waals surface area contributed by atoms with E-state index in [0.717, 1.165) is 28.8 Å². The van der Waals surface area contributed by atoms with Gasteiger partial charge in [0.2, 0.25) is 10.0 Å². The fraction of sp³-hybridized carbons (Fsp3) is 0.583. The van der Waals surface area contributed by atoms with Crippen molar-refractivity contribution in [3.63, 3.8) is 0 Å². The maximum atomic E-state index is 12.2. The number of rotatable bonds is 5. The van der Waals surface area contributed by atoms with E-state index in [4.69, 9.17) is 0 Å². The van der Waals surface area contributed by atoms with Crippen LogP contribution in [0.25, 0.3) is 0 Å². The lowest BCUT2D eigenvalue weighted by atomic mass is 10.4. The van der Waals surface area contributed by atoms with E-state index in [9.17, 15) is 8.42 Å². The number of thiophene rings is 1. The number of likely N-dealkylation sites (N-methyl/N-ethyl adjacent to an activating group) is 1. The molecule has 9 heteroatoms. The van der Waals surface area contributed by atoms with Gasteiger partial charge in [-0.1, -0.05) is 0 Å². The van der Waals surface area contributed by atoms with Gasteiger partial charge in [-0.05, 0) is 19.9 Å². The molecule has 6 nitrogen and oxygen atoms in total. The smallest absolute Gasteiger partial charge is 0.241 e. The quantitative estimate of drug-likeness (QED) is 0.528. The maximum Gasteiger partial charge on any atom is 0.241 e. The lowest BCUT2D eigenvalue weighted by Crippen LogP contribution is -2.40. The number of nitrogens with one attached hydrogen (secondary N) is 2. The van der Waals surface area contributed by atoms with Gasteiger partial charge >= 0.3 is 0 Å². The van der Waals surface area contributed by atoms with Crippen molar-refractivity contribution < 1.29 is 8.42 Å². The second-order valence-electron chi connectivity index (χ2n) is 4.73. The SMILES string of the molecule is Cc1cc(S(=O)(=O)NCCNC2=NCCN2C)c(C)s1.I. The Kier molecular flexibility index (Phi) is 6.88. The Bertz CT molecular complexity index is 613. The first kappa shape index (κ1) is 18.7. The van der Waals surface area contributed by atoms with Gasteiger partial charge in [0.25, 0.3) is 0 Å². The Hall–Kier alpha value is -0.390. The predicted octanol–water partition coefficient (Wildman–Crippen LogP) is 1.15. The van der Waals surface area contributed by atoms with E-state index in [1.165, 1.54) is 11.3 Å². The number of halogens is 1. The maximum absolute atomic E-state index is 12.2. The number of aryl methyl sites for hydroxylation is 2. The van der Waals surface area contributed by atoms with Gasteiger partial charge in [-0.25, -0.2) is 13.1 Å². The molecule has 1 aromatic rings. The summed E-state index contributed by atoms with van der Waals surface area (Å²) in [6.07, 6.45) is 0. The van der Waals surface area contributed by atoms with Crippen molar-refractivity contribution in [1.82, 2.24) is 14.9 Å². The van der Waals surface area contributed by atoms with E-state index in [1.807, 2.05) is 25.8 Å². The van der Waals surface area contributed by atoms with Crippen molar-refractivity contribution in [3.05, 3.63) is 15.8 Å². The van der Waals surface area contributed by atoms with Crippen LogP contribution in [0.3, 0.4) is 0 Å². The topological polar surface area (TPSA) is 73.8 Å². The molecule has 21 heavy (non-hydrogen) atoms. The van der Waals surface area contributed by atoms with E-state index < -0.39 is 10.0 Å². The van der Waals surface area contributed by atoms with E-state index in [-0.39, 0.29) is 24.0 Å². The summed E-state index contributed by atoms with van der Waals surface area (Å²) in [4.78, 5) is 8.51. The highest BCUT2D eigenvalue weighted by Crippen LogP contribution is 2.24. The van der Waals surface area contributed by atoms with Crippen LogP contribution in [0.15, 0.2) is 16.0 Å². The summed E-state index contributed by atoms with van der Waals surface area (Å²) in [6.45, 7) is 6.28. The summed E-state index contributed by atoms with van der Waals surface area (Å²) in [5.41, 5.74) is 0. The van der Waals surface area contributed by atoms with Gasteiger partial charge in [-0.3, -0.25) is 4.99 Å². The van der Waals surface area contributed by atoms with Gasteiger partial charge in [0.05, 0.1) is 11.4 Å². The fourth-order valence-corrected chi connectivity index (χ4v) is 4.62. The average Bonchev–Trinajstić information content (AvgIpc) is 2.91. The summed E-state index contributed by atoms with van der Waals surface area (Å²) in [6, 6.07) is 1.71. The summed E-state index contributed by atoms with van der Waals surface area (Å²) in [5.74, 6) is 0.826. The lowest BCUT2D eigenvalue weighted by molar-refractivity contribution is 0.533. The average molecular weight is 444 g/mol. The molecule has 2 N–H and O–H groups in total. The van der Waals surface area contributed by atoms with Crippen molar-refractivity contribution in [1.29, 1.82) is 0 Å². The van der Waals surface area contributed by atoms with Crippen molar-refractivity contribution in [2.75, 3.05) is 33.2 Å². The van der Waals surface area contributed by atoms with Gasteiger partial charge in [-0.2, -0.15) is 0 Å². The highest BCUT2D eigenvalue weighted by Gasteiger charge is 2.18. The molecule has 0 spiro atoms. The molecule has 2 heterocycles. The third kappa shape index (κ3) is 4.80. The summed E-state index contributed by atoms with van der Waals surface area (Å²) in [5, 5.41) is 3.13. The van der Waals surface area contributed by atoms with Gasteiger partial charge in [0.15, 0.2) is 5.96 Å². The molecule has 0 saturated carbocycles. The lowest BCUT2D eigenvalue weighted by Gasteiger charge is -2.15. The molecule has 0 radical (unpaired) electrons. The van der Waals surface area contributed by atoms with Gasteiger partial charge in [-0.15, -0.1) is 35.3 Å². The zero-order chi connectivity index (χ0) is 14.8. The zero-order valence-electron chi connectivity index (χ0n) is 12.3. The second kappa shape index (κ2) is 7.75. The molecule has 120 valence electrons. The minimum atomic E-state index is -3.41. The van der Waals surface area contributed by atoms with Crippen LogP contribution in [-0.2, 0) is 10.0 Å². The number of sulfonamides is 1. The third-order valence-corrected chi connectivity index (χ3v) is 5.73. The second-order valence-corrected chi connectivity index (χ2v) is 7.92. The molecular weight excluding hydrogens is 423 g/mol. The predicted molar refractivity (Wildman–Crippen MR) is 97.3 cm³/mol. The first-order valence-corrected chi connectivity index (χ1v) is 8.76. The van der Waals surface area contributed by atoms with Crippen LogP contribution >= 0.6 is 35.3 Å². The Labute approximate surface area is 147 Å². The largest absolute Gasteiger partial charge is 0.355 e. The van der Waals surface area contributed by atoms with E-state index >= 15 is 0 Å². The van der Waals surface area contributed by atoms with E-state index in [2.05, 4.69) is 15.0 Å². The third-order valence-electron chi connectivity index (χ3n) is 3.04. The molecule has 0 bridgehead atoms. The van der Waals surface area contributed by atoms with Crippen LogP contribution in [0.4, 0.5) is 0 Å². The number of nitrogens with zero attached hydrogens (tertiary/aromatic N) is 2. The van der Waals surface area contributed by atoms with Crippen molar-refractivity contribution >= 4 is 51.3 Å². The molecule has 0 unspecified atom stereocenters. The van der Waals surface area contributed by atoms with Crippen molar-refractivity contribution in [3.8, 4) is 0 Å². The van der Waals surface area contributed by atoms with Crippen LogP contribution < -0.4 is 10.0 Å². The normalized spacial score (nSPS) is 14.8. The van der Waals surface area contributed by atoms with Crippen LogP contribution in [0, 0.1) is 13.8 Å². The zero-order valence-corrected chi connectivity index (χ0v) is 16.3. The van der Waals surface area contributed by atoms with Crippen molar-refractivity contribution in [2.45, 2.75) is 18.7 Å². The molecule has 1 aromatic heterocycles. The molecule has 1 aliphatic heterocycles. The van der Waals surface area contributed by atoms with Gasteiger partial charge in [0, 0.05) is 36.4 Å². The molecule has 0 saturated heterocycles. The molecule has 0 aromatic carbocycles. The van der Waals surface area contributed by atoms with Gasteiger partial charge < -0.3 is 10.2 Å². The molecule has 0 fully saturated rings. The molecule has 0 atom stereocenters.